The summed E-state index contributed by atoms with van der Waals surface area (Å²) in [7, 11) is 1.70. The Labute approximate surface area is 177 Å². The SMILES string of the molecule is CCCCC(=O)C(CC1CCC(Cc2ccc(OC)cc2)CC1)C(=O)CCCC. The minimum absolute atomic E-state index is 0.202. The molecule has 0 aliphatic heterocycles. The van der Waals surface area contributed by atoms with Crippen molar-refractivity contribution in [3.8, 4) is 5.75 Å². The van der Waals surface area contributed by atoms with Crippen molar-refractivity contribution in [2.24, 2.45) is 17.8 Å². The van der Waals surface area contributed by atoms with Gasteiger partial charge in [-0.15, -0.1) is 0 Å². The lowest BCUT2D eigenvalue weighted by Gasteiger charge is -2.30. The van der Waals surface area contributed by atoms with Gasteiger partial charge in [-0.05, 0) is 68.1 Å². The van der Waals surface area contributed by atoms with Gasteiger partial charge in [0.2, 0.25) is 0 Å². The van der Waals surface area contributed by atoms with E-state index in [-0.39, 0.29) is 17.5 Å². The van der Waals surface area contributed by atoms with Crippen molar-refractivity contribution in [1.82, 2.24) is 0 Å². The van der Waals surface area contributed by atoms with Crippen LogP contribution >= 0.6 is 0 Å². The molecule has 0 atom stereocenters. The molecule has 29 heavy (non-hydrogen) atoms. The first-order valence-electron chi connectivity index (χ1n) is 11.8. The molecular formula is C26H40O3. The second kappa shape index (κ2) is 12.8. The van der Waals surface area contributed by atoms with Gasteiger partial charge >= 0.3 is 0 Å². The van der Waals surface area contributed by atoms with Crippen LogP contribution in [-0.2, 0) is 16.0 Å². The zero-order valence-corrected chi connectivity index (χ0v) is 18.8. The van der Waals surface area contributed by atoms with Gasteiger partial charge < -0.3 is 4.74 Å². The van der Waals surface area contributed by atoms with Crippen molar-refractivity contribution in [3.05, 3.63) is 29.8 Å². The van der Waals surface area contributed by atoms with Crippen LogP contribution in [0, 0.1) is 17.8 Å². The van der Waals surface area contributed by atoms with Gasteiger partial charge in [-0.3, -0.25) is 9.59 Å². The topological polar surface area (TPSA) is 43.4 Å². The van der Waals surface area contributed by atoms with Gasteiger partial charge in [-0.1, -0.05) is 51.7 Å². The van der Waals surface area contributed by atoms with Crippen LogP contribution in [0.2, 0.25) is 0 Å². The number of hydrogen-bond donors (Lipinski definition) is 0. The number of ether oxygens (including phenoxy) is 1. The van der Waals surface area contributed by atoms with Crippen molar-refractivity contribution in [2.75, 3.05) is 7.11 Å². The van der Waals surface area contributed by atoms with E-state index in [1.807, 2.05) is 12.1 Å². The molecule has 0 saturated heterocycles. The number of hydrogen-bond acceptors (Lipinski definition) is 3. The molecule has 3 nitrogen and oxygen atoms in total. The van der Waals surface area contributed by atoms with E-state index < -0.39 is 0 Å². The highest BCUT2D eigenvalue weighted by Gasteiger charge is 2.30. The average Bonchev–Trinajstić information content (AvgIpc) is 2.75. The molecule has 1 aliphatic carbocycles. The van der Waals surface area contributed by atoms with Crippen LogP contribution in [0.4, 0.5) is 0 Å². The summed E-state index contributed by atoms with van der Waals surface area (Å²) in [5.41, 5.74) is 1.37. The number of carbonyl (C=O) groups excluding carboxylic acids is 2. The van der Waals surface area contributed by atoms with Gasteiger partial charge in [-0.2, -0.15) is 0 Å². The van der Waals surface area contributed by atoms with Crippen molar-refractivity contribution >= 4 is 11.6 Å². The van der Waals surface area contributed by atoms with E-state index in [0.29, 0.717) is 24.7 Å². The van der Waals surface area contributed by atoms with E-state index >= 15 is 0 Å². The molecule has 0 bridgehead atoms. The monoisotopic (exact) mass is 400 g/mol. The quantitative estimate of drug-likeness (QED) is 0.352. The van der Waals surface area contributed by atoms with Crippen LogP contribution in [-0.4, -0.2) is 18.7 Å². The van der Waals surface area contributed by atoms with Crippen LogP contribution in [0.1, 0.15) is 90.0 Å². The maximum Gasteiger partial charge on any atom is 0.143 e. The zero-order valence-electron chi connectivity index (χ0n) is 18.8. The Balaban J connectivity index is 1.85. The largest absolute Gasteiger partial charge is 0.497 e. The summed E-state index contributed by atoms with van der Waals surface area (Å²) in [4.78, 5) is 25.4. The first-order chi connectivity index (χ1) is 14.1. The predicted molar refractivity (Wildman–Crippen MR) is 119 cm³/mol. The van der Waals surface area contributed by atoms with Gasteiger partial charge in [-0.25, -0.2) is 0 Å². The van der Waals surface area contributed by atoms with Crippen LogP contribution in [0.15, 0.2) is 24.3 Å². The Morgan fingerprint density at radius 3 is 1.90 bits per heavy atom. The molecule has 0 radical (unpaired) electrons. The van der Waals surface area contributed by atoms with E-state index in [1.165, 1.54) is 18.4 Å². The summed E-state index contributed by atoms with van der Waals surface area (Å²) in [5, 5.41) is 0. The fourth-order valence-electron chi connectivity index (χ4n) is 4.59. The Morgan fingerprint density at radius 2 is 1.41 bits per heavy atom. The number of carbonyl (C=O) groups is 2. The standard InChI is InChI=1S/C26H40O3/c1-4-6-8-25(27)24(26(28)9-7-5-2)19-22-12-10-20(11-13-22)18-21-14-16-23(29-3)17-15-21/h14-17,20,22,24H,4-13,18-19H2,1-3H3. The number of benzene rings is 1. The smallest absolute Gasteiger partial charge is 0.143 e. The first kappa shape index (κ1) is 23.6. The number of ketones is 2. The van der Waals surface area contributed by atoms with Gasteiger partial charge in [0, 0.05) is 12.8 Å². The molecule has 0 amide bonds. The third kappa shape index (κ3) is 7.95. The molecule has 0 N–H and O–H groups in total. The maximum absolute atomic E-state index is 12.7. The van der Waals surface area contributed by atoms with E-state index in [2.05, 4.69) is 26.0 Å². The Bertz CT molecular complexity index is 591. The van der Waals surface area contributed by atoms with Gasteiger partial charge in [0.1, 0.15) is 17.3 Å². The average molecular weight is 401 g/mol. The second-order valence-corrected chi connectivity index (χ2v) is 8.87. The highest BCUT2D eigenvalue weighted by Crippen LogP contribution is 2.35. The summed E-state index contributed by atoms with van der Waals surface area (Å²) in [5.74, 6) is 2.22. The molecule has 162 valence electrons. The number of unbranched alkanes of at least 4 members (excludes halogenated alkanes) is 2. The van der Waals surface area contributed by atoms with Gasteiger partial charge in [0.05, 0.1) is 13.0 Å². The summed E-state index contributed by atoms with van der Waals surface area (Å²) in [6.45, 7) is 4.20. The number of methoxy groups -OCH3 is 1. The molecule has 1 fully saturated rings. The fraction of sp³-hybridized carbons (Fsp3) is 0.692. The van der Waals surface area contributed by atoms with Crippen molar-refractivity contribution in [3.63, 3.8) is 0 Å². The Kier molecular flexibility index (Phi) is 10.5. The van der Waals surface area contributed by atoms with Gasteiger partial charge in [0.15, 0.2) is 0 Å². The molecule has 2 rings (SSSR count). The molecule has 0 unspecified atom stereocenters. The van der Waals surface area contributed by atoms with Crippen LogP contribution < -0.4 is 4.74 Å². The number of Topliss-reactive ketones (excluding diaryl/α,β-unsaturated/α-hetero) is 2. The predicted octanol–water partition coefficient (Wildman–Crippen LogP) is 6.57. The molecule has 0 heterocycles. The second-order valence-electron chi connectivity index (χ2n) is 8.87. The normalized spacial score (nSPS) is 19.3. The molecule has 1 aromatic rings. The third-order valence-electron chi connectivity index (χ3n) is 6.55. The molecular weight excluding hydrogens is 360 g/mol. The fourth-order valence-corrected chi connectivity index (χ4v) is 4.59. The van der Waals surface area contributed by atoms with Crippen LogP contribution in [0.25, 0.3) is 0 Å². The van der Waals surface area contributed by atoms with Crippen LogP contribution in [0.5, 0.6) is 5.75 Å². The number of rotatable bonds is 13. The highest BCUT2D eigenvalue weighted by atomic mass is 16.5. The minimum atomic E-state index is -0.337. The molecule has 1 aromatic carbocycles. The van der Waals surface area contributed by atoms with E-state index in [4.69, 9.17) is 4.74 Å². The van der Waals surface area contributed by atoms with Crippen molar-refractivity contribution in [2.45, 2.75) is 90.9 Å². The summed E-state index contributed by atoms with van der Waals surface area (Å²) < 4.78 is 5.24. The van der Waals surface area contributed by atoms with Crippen molar-refractivity contribution < 1.29 is 14.3 Å². The lowest BCUT2D eigenvalue weighted by atomic mass is 9.74. The minimum Gasteiger partial charge on any atom is -0.497 e. The maximum atomic E-state index is 12.7. The Hall–Kier alpha value is -1.64. The third-order valence-corrected chi connectivity index (χ3v) is 6.55. The summed E-state index contributed by atoms with van der Waals surface area (Å²) in [6, 6.07) is 8.41. The molecule has 0 spiro atoms. The van der Waals surface area contributed by atoms with E-state index in [9.17, 15) is 9.59 Å². The van der Waals surface area contributed by atoms with Gasteiger partial charge in [0.25, 0.3) is 0 Å². The summed E-state index contributed by atoms with van der Waals surface area (Å²) in [6.07, 6.45) is 11.6. The zero-order chi connectivity index (χ0) is 21.1. The molecule has 1 aliphatic rings. The van der Waals surface area contributed by atoms with Crippen LogP contribution in [0.3, 0.4) is 0 Å². The van der Waals surface area contributed by atoms with E-state index in [1.54, 1.807) is 7.11 Å². The Morgan fingerprint density at radius 1 is 0.897 bits per heavy atom. The summed E-state index contributed by atoms with van der Waals surface area (Å²) >= 11 is 0. The lowest BCUT2D eigenvalue weighted by molar-refractivity contribution is -0.133. The molecule has 0 aromatic heterocycles. The molecule has 1 saturated carbocycles. The lowest BCUT2D eigenvalue weighted by Crippen LogP contribution is -2.28. The van der Waals surface area contributed by atoms with Crippen molar-refractivity contribution in [1.29, 1.82) is 0 Å². The first-order valence-corrected chi connectivity index (χ1v) is 11.8. The molecule has 3 heteroatoms. The highest BCUT2D eigenvalue weighted by molar-refractivity contribution is 6.02. The van der Waals surface area contributed by atoms with E-state index in [0.717, 1.165) is 57.1 Å².